The number of amides is 2. The largest absolute Gasteiger partial charge is 0.477 e. The number of carbonyl (C=O) groups is 2. The highest BCUT2D eigenvalue weighted by Gasteiger charge is 2.22. The van der Waals surface area contributed by atoms with E-state index < -0.39 is 5.97 Å². The van der Waals surface area contributed by atoms with E-state index in [-0.39, 0.29) is 18.3 Å². The summed E-state index contributed by atoms with van der Waals surface area (Å²) >= 11 is 0. The molecule has 194 valence electrons. The number of aromatic carboxylic acids is 1. The molecule has 9 heteroatoms. The van der Waals surface area contributed by atoms with Crippen molar-refractivity contribution in [2.75, 3.05) is 51.8 Å². The maximum atomic E-state index is 13.1. The number of anilines is 1. The fourth-order valence-corrected chi connectivity index (χ4v) is 5.03. The molecule has 4 aromatic rings. The van der Waals surface area contributed by atoms with Crippen molar-refractivity contribution in [2.24, 2.45) is 0 Å². The molecule has 0 spiro atoms. The molecular weight excluding hydrogens is 482 g/mol. The summed E-state index contributed by atoms with van der Waals surface area (Å²) in [6, 6.07) is 20.4. The van der Waals surface area contributed by atoms with E-state index in [1.807, 2.05) is 41.3 Å². The molecule has 0 bridgehead atoms. The summed E-state index contributed by atoms with van der Waals surface area (Å²) in [4.78, 5) is 29.3. The molecule has 38 heavy (non-hydrogen) atoms. The highest BCUT2D eigenvalue weighted by atomic mass is 16.5. The number of benzene rings is 3. The van der Waals surface area contributed by atoms with E-state index in [9.17, 15) is 20.0 Å². The summed E-state index contributed by atoms with van der Waals surface area (Å²) in [5.41, 5.74) is 2.79. The van der Waals surface area contributed by atoms with Crippen molar-refractivity contribution < 1.29 is 19.4 Å². The topological polar surface area (TPSA) is 111 Å². The van der Waals surface area contributed by atoms with Crippen molar-refractivity contribution in [2.45, 2.75) is 6.54 Å². The summed E-state index contributed by atoms with van der Waals surface area (Å²) in [5.74, 6) is -1.04. The van der Waals surface area contributed by atoms with E-state index in [2.05, 4.69) is 16.3 Å². The number of carboxylic acid groups (broad SMARTS) is 1. The monoisotopic (exact) mass is 511 g/mol. The summed E-state index contributed by atoms with van der Waals surface area (Å²) in [6.07, 6.45) is 0. The van der Waals surface area contributed by atoms with E-state index in [0.717, 1.165) is 41.4 Å². The van der Waals surface area contributed by atoms with Gasteiger partial charge >= 0.3 is 12.0 Å². The summed E-state index contributed by atoms with van der Waals surface area (Å²) in [5, 5.41) is 25.0. The first-order valence-corrected chi connectivity index (χ1v) is 12.5. The number of hydrogen-bond donors (Lipinski definition) is 2. The number of hydrogen-bond acceptors (Lipinski definition) is 5. The van der Waals surface area contributed by atoms with Crippen molar-refractivity contribution >= 4 is 39.4 Å². The van der Waals surface area contributed by atoms with Gasteiger partial charge in [0.15, 0.2) is 0 Å². The van der Waals surface area contributed by atoms with Gasteiger partial charge in [-0.05, 0) is 46.7 Å². The van der Waals surface area contributed by atoms with Gasteiger partial charge < -0.3 is 24.6 Å². The van der Waals surface area contributed by atoms with Crippen LogP contribution >= 0.6 is 0 Å². The molecule has 3 aromatic carbocycles. The summed E-state index contributed by atoms with van der Waals surface area (Å²) < 4.78 is 6.87. The van der Waals surface area contributed by atoms with Crippen LogP contribution in [0.1, 0.15) is 21.6 Å². The van der Waals surface area contributed by atoms with Gasteiger partial charge in [0.1, 0.15) is 5.69 Å². The highest BCUT2D eigenvalue weighted by Crippen LogP contribution is 2.28. The van der Waals surface area contributed by atoms with Crippen LogP contribution in [0.2, 0.25) is 0 Å². The van der Waals surface area contributed by atoms with E-state index in [1.54, 1.807) is 35.9 Å². The molecule has 0 aliphatic carbocycles. The number of methoxy groups -OCH3 is 1. The number of nitrogens with one attached hydrogen (secondary N) is 1. The van der Waals surface area contributed by atoms with Gasteiger partial charge in [0.2, 0.25) is 0 Å². The lowest BCUT2D eigenvalue weighted by Crippen LogP contribution is -2.50. The van der Waals surface area contributed by atoms with Crippen molar-refractivity contribution in [3.05, 3.63) is 77.5 Å². The van der Waals surface area contributed by atoms with Crippen molar-refractivity contribution in [3.63, 3.8) is 0 Å². The second kappa shape index (κ2) is 10.9. The fraction of sp³-hybridized carbons (Fsp3) is 0.276. The Bertz CT molecular complexity index is 1550. The van der Waals surface area contributed by atoms with Crippen molar-refractivity contribution in [3.8, 4) is 6.07 Å². The first kappa shape index (κ1) is 25.3. The Morgan fingerprint density at radius 3 is 2.55 bits per heavy atom. The Kier molecular flexibility index (Phi) is 7.26. The van der Waals surface area contributed by atoms with Crippen LogP contribution in [0.4, 0.5) is 10.5 Å². The van der Waals surface area contributed by atoms with Crippen LogP contribution in [0.15, 0.2) is 60.7 Å². The average molecular weight is 512 g/mol. The van der Waals surface area contributed by atoms with Gasteiger partial charge in [-0.25, -0.2) is 9.59 Å². The molecule has 1 fully saturated rings. The van der Waals surface area contributed by atoms with Gasteiger partial charge in [0, 0.05) is 57.5 Å². The molecule has 0 atom stereocenters. The number of rotatable bonds is 7. The van der Waals surface area contributed by atoms with Crippen LogP contribution < -0.4 is 5.32 Å². The zero-order valence-electron chi connectivity index (χ0n) is 21.2. The minimum absolute atomic E-state index is 0.139. The number of carbonyl (C=O) groups excluding carboxylic acids is 1. The van der Waals surface area contributed by atoms with Gasteiger partial charge in [0.05, 0.1) is 23.8 Å². The zero-order valence-corrected chi connectivity index (χ0v) is 21.2. The molecule has 0 unspecified atom stereocenters. The molecule has 2 amide bonds. The zero-order chi connectivity index (χ0) is 26.6. The van der Waals surface area contributed by atoms with Crippen molar-refractivity contribution in [1.29, 1.82) is 5.26 Å². The third kappa shape index (κ3) is 5.18. The third-order valence-corrected chi connectivity index (χ3v) is 7.05. The molecule has 5 rings (SSSR count). The first-order valence-electron chi connectivity index (χ1n) is 12.5. The van der Waals surface area contributed by atoms with Gasteiger partial charge in [0.25, 0.3) is 0 Å². The number of aromatic nitrogens is 1. The van der Waals surface area contributed by atoms with Gasteiger partial charge in [-0.2, -0.15) is 5.26 Å². The number of nitrogens with zero attached hydrogens (tertiary/aromatic N) is 4. The van der Waals surface area contributed by atoms with Crippen LogP contribution in [-0.4, -0.2) is 77.9 Å². The van der Waals surface area contributed by atoms with Crippen LogP contribution in [0.25, 0.3) is 21.7 Å². The second-order valence-corrected chi connectivity index (χ2v) is 9.41. The fourth-order valence-electron chi connectivity index (χ4n) is 5.03. The minimum Gasteiger partial charge on any atom is -0.477 e. The normalized spacial score (nSPS) is 14.1. The Hall–Kier alpha value is -4.39. The molecule has 1 aromatic heterocycles. The maximum Gasteiger partial charge on any atom is 0.352 e. The van der Waals surface area contributed by atoms with Crippen molar-refractivity contribution in [1.82, 2.24) is 14.4 Å². The quantitative estimate of drug-likeness (QED) is 0.385. The number of ether oxygens (including phenoxy) is 1. The van der Waals surface area contributed by atoms with Crippen LogP contribution in [0.3, 0.4) is 0 Å². The smallest absolute Gasteiger partial charge is 0.352 e. The first-order chi connectivity index (χ1) is 18.5. The molecule has 0 radical (unpaired) electrons. The minimum atomic E-state index is -1.04. The Balaban J connectivity index is 1.45. The molecular formula is C29H29N5O4. The van der Waals surface area contributed by atoms with E-state index in [0.29, 0.717) is 36.5 Å². The molecule has 1 aliphatic rings. The summed E-state index contributed by atoms with van der Waals surface area (Å²) in [6.45, 7) is 4.64. The number of nitriles is 1. The summed E-state index contributed by atoms with van der Waals surface area (Å²) in [7, 11) is 1.69. The number of urea groups is 1. The van der Waals surface area contributed by atoms with E-state index >= 15 is 0 Å². The Morgan fingerprint density at radius 2 is 1.82 bits per heavy atom. The van der Waals surface area contributed by atoms with Crippen LogP contribution in [0, 0.1) is 11.3 Å². The maximum absolute atomic E-state index is 13.1. The van der Waals surface area contributed by atoms with Gasteiger partial charge in [-0.3, -0.25) is 4.90 Å². The second-order valence-electron chi connectivity index (χ2n) is 9.41. The SMILES string of the molecule is COCCN1CCN(C(=O)Nc2cc(Cn3c(C(=O)O)cc4ccc(C#N)cc43)c3ccccc3c2)CC1. The molecule has 1 saturated heterocycles. The predicted molar refractivity (Wildman–Crippen MR) is 146 cm³/mol. The number of piperazine rings is 1. The lowest BCUT2D eigenvalue weighted by Gasteiger charge is -2.34. The standard InChI is InChI=1S/C29H29N5O4/c1-38-13-12-32-8-10-33(11-9-32)29(37)31-24-15-21-4-2-3-5-25(21)23(16-24)19-34-26-14-20(18-30)6-7-22(26)17-27(34)28(35)36/h2-7,14-17H,8-13,19H2,1H3,(H,31,37)(H,35,36). The lowest BCUT2D eigenvalue weighted by atomic mass is 10.0. The van der Waals surface area contributed by atoms with E-state index in [4.69, 9.17) is 4.74 Å². The molecule has 1 aliphatic heterocycles. The number of fused-ring (bicyclic) bond motifs is 2. The molecule has 2 heterocycles. The molecule has 2 N–H and O–H groups in total. The highest BCUT2D eigenvalue weighted by molar-refractivity contribution is 5.97. The molecule has 9 nitrogen and oxygen atoms in total. The van der Waals surface area contributed by atoms with Gasteiger partial charge in [-0.1, -0.05) is 30.3 Å². The number of carboxylic acids is 1. The third-order valence-electron chi connectivity index (χ3n) is 7.05. The van der Waals surface area contributed by atoms with Gasteiger partial charge in [-0.15, -0.1) is 0 Å². The van der Waals surface area contributed by atoms with Crippen LogP contribution in [0.5, 0.6) is 0 Å². The average Bonchev–Trinajstić information content (AvgIpc) is 3.30. The van der Waals surface area contributed by atoms with Crippen LogP contribution in [-0.2, 0) is 11.3 Å². The van der Waals surface area contributed by atoms with E-state index in [1.165, 1.54) is 0 Å². The predicted octanol–water partition coefficient (Wildman–Crippen LogP) is 4.21. The Morgan fingerprint density at radius 1 is 1.03 bits per heavy atom. The Labute approximate surface area is 220 Å². The lowest BCUT2D eigenvalue weighted by molar-refractivity contribution is 0.0686. The molecule has 0 saturated carbocycles.